The van der Waals surface area contributed by atoms with Crippen molar-refractivity contribution >= 4 is 97.4 Å². The molecule has 668 valence electrons. The van der Waals surface area contributed by atoms with Crippen LogP contribution in [-0.4, -0.2) is 28.7 Å². The molecule has 0 amide bonds. The van der Waals surface area contributed by atoms with E-state index in [0.29, 0.717) is 11.1 Å². The van der Waals surface area contributed by atoms with Crippen molar-refractivity contribution < 1.29 is 0 Å². The number of rotatable bonds is 12. The molecule has 0 bridgehead atoms. The molecule has 4 aliphatic rings. The molecule has 0 fully saturated rings. The Morgan fingerprint density at radius 1 is 0.252 bits per heavy atom. The molecule has 0 radical (unpaired) electrons. The van der Waals surface area contributed by atoms with Gasteiger partial charge in [0.05, 0.1) is 78.2 Å². The number of nitrogens with zero attached hydrogens (tertiary/aromatic N) is 9. The van der Waals surface area contributed by atoms with E-state index in [2.05, 4.69) is 456 Å². The number of imidazole rings is 3. The minimum absolute atomic E-state index is 0.504. The zero-order chi connectivity index (χ0) is 95.2. The second kappa shape index (κ2) is 33.7. The van der Waals surface area contributed by atoms with Crippen LogP contribution in [0.2, 0.25) is 0 Å². The molecule has 0 aliphatic heterocycles. The van der Waals surface area contributed by atoms with Crippen LogP contribution >= 0.6 is 34.0 Å². The lowest BCUT2D eigenvalue weighted by Gasteiger charge is -2.34. The molecule has 3 unspecified atom stereocenters. The van der Waals surface area contributed by atoms with Crippen LogP contribution in [0.3, 0.4) is 0 Å². The van der Waals surface area contributed by atoms with Gasteiger partial charge in [-0.05, 0) is 254 Å². The molecule has 9 nitrogen and oxygen atoms in total. The van der Waals surface area contributed by atoms with Gasteiger partial charge in [0.15, 0.2) is 0 Å². The molecule has 0 saturated carbocycles. The summed E-state index contributed by atoms with van der Waals surface area (Å²) in [5.74, 6) is 2.90. The number of hydrogen-bond acceptors (Lipinski definition) is 9. The largest absolute Gasteiger partial charge is 0.296 e. The van der Waals surface area contributed by atoms with Crippen molar-refractivity contribution in [3.8, 4) is 125 Å². The number of fused-ring (bicyclic) bond motifs is 25. The fourth-order valence-corrected chi connectivity index (χ4v) is 26.9. The maximum absolute atomic E-state index is 10.1. The van der Waals surface area contributed by atoms with Crippen molar-refractivity contribution in [3.63, 3.8) is 0 Å². The number of aryl methyl sites for hydroxylation is 1. The second-order valence-corrected chi connectivity index (χ2v) is 39.7. The van der Waals surface area contributed by atoms with E-state index in [-0.39, 0.29) is 0 Å². The molecule has 3 atom stereocenters. The highest BCUT2D eigenvalue weighted by atomic mass is 32.1. The first-order chi connectivity index (χ1) is 70.8. The van der Waals surface area contributed by atoms with Crippen LogP contribution in [0.4, 0.5) is 0 Å². The molecule has 1 spiro atoms. The first-order valence-electron chi connectivity index (χ1n) is 48.2. The smallest absolute Gasteiger partial charge is 0.145 e. The van der Waals surface area contributed by atoms with E-state index in [0.717, 1.165) is 112 Å². The summed E-state index contributed by atoms with van der Waals surface area (Å²) in [7, 11) is 0. The number of aromatic nitrogens is 6. The van der Waals surface area contributed by atoms with Crippen LogP contribution < -0.4 is 0 Å². The van der Waals surface area contributed by atoms with Gasteiger partial charge in [-0.3, -0.25) is 13.7 Å². The zero-order valence-electron chi connectivity index (χ0n) is 77.3. The van der Waals surface area contributed by atoms with Gasteiger partial charge in [0, 0.05) is 81.4 Å². The Hall–Kier alpha value is -18.1. The Labute approximate surface area is 837 Å². The van der Waals surface area contributed by atoms with E-state index in [9.17, 15) is 15.8 Å². The highest BCUT2D eigenvalue weighted by Crippen LogP contribution is 2.67. The minimum atomic E-state index is -0.538. The van der Waals surface area contributed by atoms with Crippen molar-refractivity contribution in [1.29, 1.82) is 15.8 Å². The van der Waals surface area contributed by atoms with Gasteiger partial charge in [-0.1, -0.05) is 328 Å². The number of para-hydroxylation sites is 8. The summed E-state index contributed by atoms with van der Waals surface area (Å²) in [6.07, 6.45) is 0.850. The number of benzene rings is 19. The SMILES string of the molecule is CCc1nc2ccccc2n1-c1ccc(C2(c3ccccc3)c3ccccc3-c3c2ccc2scc(C#N)c32)cc1.N#Cc1ccc(-c2csc3ccc4c(c23)-c2ccccc2C4(c2ccccc2)c2ccc(-c3nc4ccccc4n3-c3ccccc3)cc2)cc1.N#Cc1ccc(-c2csc3ccc4c(c23)-c2ccccc2C42c3ccccc3-c3ccc(-c4nc5ccccc5n4-c4ccccc4)cc32)cc1. The Kier molecular flexibility index (Phi) is 19.8. The van der Waals surface area contributed by atoms with Crippen molar-refractivity contribution in [3.05, 3.63) is 548 Å². The van der Waals surface area contributed by atoms with Crippen molar-refractivity contribution in [2.75, 3.05) is 0 Å². The Morgan fingerprint density at radius 2 is 0.594 bits per heavy atom. The first-order valence-corrected chi connectivity index (χ1v) is 50.8. The van der Waals surface area contributed by atoms with Gasteiger partial charge in [-0.2, -0.15) is 15.8 Å². The normalized spacial score (nSPS) is 15.1. The van der Waals surface area contributed by atoms with Crippen LogP contribution in [0.5, 0.6) is 0 Å². The van der Waals surface area contributed by atoms with E-state index < -0.39 is 16.2 Å². The lowest BCUT2D eigenvalue weighted by molar-refractivity contribution is 0.768. The molecule has 0 N–H and O–H groups in total. The van der Waals surface area contributed by atoms with Crippen molar-refractivity contribution in [2.45, 2.75) is 29.6 Å². The number of thiophene rings is 3. The quantitative estimate of drug-likeness (QED) is 0.120. The van der Waals surface area contributed by atoms with Gasteiger partial charge < -0.3 is 0 Å². The average Bonchev–Trinajstić information content (AvgIpc) is 1.49. The fourth-order valence-electron chi connectivity index (χ4n) is 24.0. The molecular weight excluding hydrogens is 1800 g/mol. The third kappa shape index (κ3) is 12.6. The van der Waals surface area contributed by atoms with E-state index >= 15 is 0 Å². The topological polar surface area (TPSA) is 125 Å². The molecule has 12 heteroatoms. The van der Waals surface area contributed by atoms with Gasteiger partial charge in [0.2, 0.25) is 0 Å². The van der Waals surface area contributed by atoms with Gasteiger partial charge in [-0.15, -0.1) is 34.0 Å². The maximum Gasteiger partial charge on any atom is 0.145 e. The second-order valence-electron chi connectivity index (χ2n) is 37.0. The highest BCUT2D eigenvalue weighted by molar-refractivity contribution is 7.18. The number of nitriles is 3. The summed E-state index contributed by atoms with van der Waals surface area (Å²) < 4.78 is 10.5. The lowest BCUT2D eigenvalue weighted by atomic mass is 9.67. The van der Waals surface area contributed by atoms with Crippen LogP contribution in [-0.2, 0) is 22.7 Å². The van der Waals surface area contributed by atoms with Crippen LogP contribution in [0.25, 0.3) is 170 Å². The Balaban J connectivity index is 0.000000108. The zero-order valence-corrected chi connectivity index (χ0v) is 79.8. The monoisotopic (exact) mass is 1880 g/mol. The van der Waals surface area contributed by atoms with E-state index in [1.807, 2.05) is 41.8 Å². The summed E-state index contributed by atoms with van der Waals surface area (Å²) in [5.41, 5.74) is 42.0. The Bertz CT molecular complexity index is 9600. The summed E-state index contributed by atoms with van der Waals surface area (Å²) in [6.45, 7) is 2.16. The molecule has 4 aliphatic carbocycles. The van der Waals surface area contributed by atoms with Crippen molar-refractivity contribution in [2.24, 2.45) is 0 Å². The van der Waals surface area contributed by atoms with Crippen molar-refractivity contribution in [1.82, 2.24) is 28.7 Å². The summed E-state index contributed by atoms with van der Waals surface area (Å²) in [5, 5.41) is 39.2. The predicted molar refractivity (Wildman–Crippen MR) is 586 cm³/mol. The first kappa shape index (κ1) is 84.2. The van der Waals surface area contributed by atoms with E-state index in [4.69, 9.17) is 15.0 Å². The van der Waals surface area contributed by atoms with Gasteiger partial charge >= 0.3 is 0 Å². The third-order valence-corrected chi connectivity index (χ3v) is 32.8. The van der Waals surface area contributed by atoms with Gasteiger partial charge in [0.1, 0.15) is 23.5 Å². The van der Waals surface area contributed by atoms with Gasteiger partial charge in [-0.25, -0.2) is 15.0 Å². The third-order valence-electron chi connectivity index (χ3n) is 30.0. The van der Waals surface area contributed by atoms with Crippen LogP contribution in [0.15, 0.2) is 459 Å². The molecular formula is C131H81N9S3. The lowest BCUT2D eigenvalue weighted by Crippen LogP contribution is -2.28. The highest BCUT2D eigenvalue weighted by Gasteiger charge is 2.54. The van der Waals surface area contributed by atoms with Crippen LogP contribution in [0, 0.1) is 34.0 Å². The fraction of sp³-hybridized carbons (Fsp3) is 0.0382. The molecule has 143 heavy (non-hydrogen) atoms. The van der Waals surface area contributed by atoms with E-state index in [1.54, 1.807) is 34.0 Å². The number of hydrogen-bond donors (Lipinski definition) is 0. The molecule has 6 aromatic heterocycles. The minimum Gasteiger partial charge on any atom is -0.296 e. The Morgan fingerprint density at radius 3 is 1.06 bits per heavy atom. The van der Waals surface area contributed by atoms with Crippen LogP contribution in [0.1, 0.15) is 96.2 Å². The molecule has 6 heterocycles. The molecule has 25 aromatic rings. The summed E-state index contributed by atoms with van der Waals surface area (Å²) in [6, 6.07) is 165. The molecule has 19 aromatic carbocycles. The van der Waals surface area contributed by atoms with E-state index in [1.165, 1.54) is 143 Å². The summed E-state index contributed by atoms with van der Waals surface area (Å²) in [4.78, 5) is 15.3. The predicted octanol–water partition coefficient (Wildman–Crippen LogP) is 32.6. The molecule has 0 saturated heterocycles. The summed E-state index contributed by atoms with van der Waals surface area (Å²) >= 11 is 5.21. The standard InChI is InChI=1S/C47H27N3S.C47H29N3S.C37H25N3S/c48-27-29-18-20-30(21-19-29)36-28-51-43-25-24-39-44(45(36)43)35-13-5-7-15-38(35)47(39)37-14-6-4-12-33(37)34-23-22-31(26-40(34)47)46-49-41-16-8-9-17-42(41)50(46)32-10-2-1-3-11-32;48-29-31-19-21-32(22-20-31)38-30-51-43-28-27-40-44(45(38)43)37-15-7-8-16-39(37)47(40,34-11-3-1-4-12-34)35-25-23-33(24-26-35)46-49-41-17-9-10-18-42(41)50(46)36-13-5-2-6-14-36;1-2-34-39-31-14-8-9-15-32(31)40(34)27-18-16-26(17-19-27)37(25-10-4-3-5-11-25)29-13-7-6-12-28(29)36-30(37)20-21-33-35(36)24(22-38)23-41-33/h1-26,28H;1-28,30H;3-21,23H,2H2,1H3. The average molecular weight is 1880 g/mol. The molecule has 29 rings (SSSR count). The maximum atomic E-state index is 10.1. The van der Waals surface area contributed by atoms with Gasteiger partial charge in [0.25, 0.3) is 0 Å².